The molecule has 1 aliphatic heterocycles. The molecule has 0 aromatic heterocycles. The van der Waals surface area contributed by atoms with E-state index >= 15 is 0 Å². The number of hydrogen-bond acceptors (Lipinski definition) is 4. The Morgan fingerprint density at radius 1 is 0.967 bits per heavy atom. The third kappa shape index (κ3) is 5.28. The van der Waals surface area contributed by atoms with Crippen molar-refractivity contribution in [1.82, 2.24) is 5.06 Å². The zero-order valence-corrected chi connectivity index (χ0v) is 15.1. The molecule has 164 valence electrons. The topological polar surface area (TPSA) is 44.8 Å². The Bertz CT molecular complexity index is 836. The van der Waals surface area contributed by atoms with Crippen molar-refractivity contribution >= 4 is 0 Å². The molecule has 0 amide bonds. The highest BCUT2D eigenvalue weighted by Gasteiger charge is 2.37. The van der Waals surface area contributed by atoms with Gasteiger partial charge in [-0.1, -0.05) is 12.1 Å². The summed E-state index contributed by atoms with van der Waals surface area (Å²) in [6.07, 6.45) is -11.2. The normalized spacial score (nSPS) is 21.1. The molecule has 1 saturated heterocycles. The lowest BCUT2D eigenvalue weighted by molar-refractivity contribution is -0.208. The summed E-state index contributed by atoms with van der Waals surface area (Å²) in [5.41, 5.74) is -3.00. The fourth-order valence-corrected chi connectivity index (χ4v) is 3.03. The highest BCUT2D eigenvalue weighted by molar-refractivity contribution is 5.33. The monoisotopic (exact) mass is 438 g/mol. The van der Waals surface area contributed by atoms with Gasteiger partial charge in [-0.05, 0) is 41.5 Å². The first-order valence-electron chi connectivity index (χ1n) is 8.66. The van der Waals surface area contributed by atoms with Crippen molar-refractivity contribution in [2.24, 2.45) is 0 Å². The maximum Gasteiger partial charge on any atom is 0.416 e. The summed E-state index contributed by atoms with van der Waals surface area (Å²) in [5, 5.41) is 12.8. The minimum atomic E-state index is -4.99. The van der Waals surface area contributed by atoms with Crippen molar-refractivity contribution in [3.63, 3.8) is 0 Å². The van der Waals surface area contributed by atoms with Crippen LogP contribution >= 0.6 is 0 Å². The lowest BCUT2D eigenvalue weighted by Crippen LogP contribution is -2.43. The van der Waals surface area contributed by atoms with Crippen LogP contribution in [0.2, 0.25) is 0 Å². The van der Waals surface area contributed by atoms with Gasteiger partial charge < -0.3 is 19.7 Å². The number of rotatable bonds is 4. The molecule has 3 rings (SSSR count). The number of morpholine rings is 1. The molecule has 30 heavy (non-hydrogen) atoms. The first-order valence-corrected chi connectivity index (χ1v) is 8.66. The maximum atomic E-state index is 13.1. The van der Waals surface area contributed by atoms with Gasteiger partial charge >= 0.3 is 12.4 Å². The number of ether oxygens (including phenoxy) is 2. The predicted octanol–water partition coefficient (Wildman–Crippen LogP) is 5.28. The number of hydroxylamine groups is 2. The van der Waals surface area contributed by atoms with Crippen LogP contribution in [0.25, 0.3) is 0 Å². The largest absolute Gasteiger partial charge is 0.785 e. The molecule has 0 aliphatic carbocycles. The Balaban J connectivity index is 1.84. The van der Waals surface area contributed by atoms with Crippen molar-refractivity contribution in [1.29, 1.82) is 0 Å². The molecule has 2 aromatic carbocycles. The lowest BCUT2D eigenvalue weighted by atomic mass is 10.0. The lowest BCUT2D eigenvalue weighted by Gasteiger charge is -2.45. The SMILES string of the molecule is [O-]N1CCOC(OCc2cc(C(F)(F)F)cc(C(F)(F)F)c2)C1c1ccc(F)cc1. The van der Waals surface area contributed by atoms with Crippen molar-refractivity contribution in [3.05, 3.63) is 75.7 Å². The Hall–Kier alpha value is -2.21. The van der Waals surface area contributed by atoms with Crippen molar-refractivity contribution in [3.8, 4) is 0 Å². The molecule has 2 aromatic rings. The average molecular weight is 438 g/mol. The highest BCUT2D eigenvalue weighted by atomic mass is 19.4. The molecule has 11 heteroatoms. The van der Waals surface area contributed by atoms with Gasteiger partial charge in [0.05, 0.1) is 30.4 Å². The van der Waals surface area contributed by atoms with E-state index in [1.165, 1.54) is 12.1 Å². The Kier molecular flexibility index (Phi) is 6.37. The van der Waals surface area contributed by atoms with Crippen molar-refractivity contribution in [2.75, 3.05) is 13.2 Å². The summed E-state index contributed by atoms with van der Waals surface area (Å²) in [6, 6.07) is 4.90. The molecule has 0 bridgehead atoms. The summed E-state index contributed by atoms with van der Waals surface area (Å²) in [4.78, 5) is 0. The predicted molar refractivity (Wildman–Crippen MR) is 90.2 cm³/mol. The number of nitrogens with zero attached hydrogens (tertiary/aromatic N) is 1. The first kappa shape index (κ1) is 22.5. The number of benzene rings is 2. The van der Waals surface area contributed by atoms with Gasteiger partial charge in [-0.2, -0.15) is 26.3 Å². The minimum Gasteiger partial charge on any atom is -0.785 e. The van der Waals surface area contributed by atoms with Crippen LogP contribution in [0.15, 0.2) is 42.5 Å². The van der Waals surface area contributed by atoms with Gasteiger partial charge in [-0.15, -0.1) is 0 Å². The zero-order chi connectivity index (χ0) is 22.1. The van der Waals surface area contributed by atoms with Crippen LogP contribution in [0.5, 0.6) is 0 Å². The van der Waals surface area contributed by atoms with E-state index in [0.29, 0.717) is 22.8 Å². The Morgan fingerprint density at radius 3 is 2.07 bits per heavy atom. The van der Waals surface area contributed by atoms with Gasteiger partial charge in [-0.3, -0.25) is 0 Å². The van der Waals surface area contributed by atoms with Crippen LogP contribution in [0, 0.1) is 11.0 Å². The molecule has 0 radical (unpaired) electrons. The molecular formula is C19H15F7NO3-. The van der Waals surface area contributed by atoms with Gasteiger partial charge in [-0.25, -0.2) is 4.39 Å². The summed E-state index contributed by atoms with van der Waals surface area (Å²) < 4.78 is 102. The number of hydrogen-bond donors (Lipinski definition) is 0. The fraction of sp³-hybridized carbons (Fsp3) is 0.368. The third-order valence-electron chi connectivity index (χ3n) is 4.44. The summed E-state index contributed by atoms with van der Waals surface area (Å²) in [6.45, 7) is -0.755. The van der Waals surface area contributed by atoms with Gasteiger partial charge in [0.15, 0.2) is 6.29 Å². The van der Waals surface area contributed by atoms with E-state index in [0.717, 1.165) is 12.1 Å². The van der Waals surface area contributed by atoms with Crippen LogP contribution in [0.3, 0.4) is 0 Å². The van der Waals surface area contributed by atoms with E-state index in [1.807, 2.05) is 0 Å². The Labute approximate surface area is 166 Å². The molecule has 0 N–H and O–H groups in total. The van der Waals surface area contributed by atoms with Gasteiger partial charge in [0.25, 0.3) is 0 Å². The molecule has 2 unspecified atom stereocenters. The van der Waals surface area contributed by atoms with Crippen LogP contribution in [0.4, 0.5) is 30.7 Å². The second kappa shape index (κ2) is 8.50. The molecule has 2 atom stereocenters. The third-order valence-corrected chi connectivity index (χ3v) is 4.44. The second-order valence-electron chi connectivity index (χ2n) is 6.60. The standard InChI is InChI=1S/C19H15F7NO3/c20-15-3-1-12(2-4-15)16-17(29-6-5-27(16)28)30-10-11-7-13(18(21,22)23)9-14(8-11)19(24,25)26/h1-4,7-9,16-17H,5-6,10H2/q-1. The van der Waals surface area contributed by atoms with E-state index in [2.05, 4.69) is 0 Å². The molecule has 1 heterocycles. The van der Waals surface area contributed by atoms with Crippen LogP contribution < -0.4 is 0 Å². The molecule has 4 nitrogen and oxygen atoms in total. The molecule has 1 aliphatic rings. The van der Waals surface area contributed by atoms with Crippen LogP contribution in [-0.4, -0.2) is 24.5 Å². The second-order valence-corrected chi connectivity index (χ2v) is 6.60. The molecular weight excluding hydrogens is 423 g/mol. The van der Waals surface area contributed by atoms with E-state index in [1.54, 1.807) is 0 Å². The van der Waals surface area contributed by atoms with Crippen molar-refractivity contribution < 1.29 is 40.2 Å². The first-order chi connectivity index (χ1) is 13.9. The average Bonchev–Trinajstić information content (AvgIpc) is 2.66. The van der Waals surface area contributed by atoms with Crippen molar-refractivity contribution in [2.45, 2.75) is 31.3 Å². The summed E-state index contributed by atoms with van der Waals surface area (Å²) in [5.74, 6) is -0.547. The fourth-order valence-electron chi connectivity index (χ4n) is 3.03. The number of alkyl halides is 6. The van der Waals surface area contributed by atoms with E-state index in [-0.39, 0.29) is 24.8 Å². The Morgan fingerprint density at radius 2 is 1.53 bits per heavy atom. The number of halogens is 7. The van der Waals surface area contributed by atoms with Gasteiger partial charge in [0.1, 0.15) is 5.82 Å². The van der Waals surface area contributed by atoms with Crippen LogP contribution in [-0.2, 0) is 28.4 Å². The minimum absolute atomic E-state index is 0.0152. The highest BCUT2D eigenvalue weighted by Crippen LogP contribution is 2.37. The molecule has 0 spiro atoms. The van der Waals surface area contributed by atoms with Gasteiger partial charge in [0, 0.05) is 6.54 Å². The quantitative estimate of drug-likeness (QED) is 0.610. The zero-order valence-electron chi connectivity index (χ0n) is 15.1. The van der Waals surface area contributed by atoms with Gasteiger partial charge in [0.2, 0.25) is 0 Å². The summed E-state index contributed by atoms with van der Waals surface area (Å²) in [7, 11) is 0. The summed E-state index contributed by atoms with van der Waals surface area (Å²) >= 11 is 0. The van der Waals surface area contributed by atoms with E-state index in [9.17, 15) is 35.9 Å². The van der Waals surface area contributed by atoms with E-state index < -0.39 is 48.2 Å². The van der Waals surface area contributed by atoms with Crippen LogP contribution in [0.1, 0.15) is 28.3 Å². The maximum absolute atomic E-state index is 13.1. The molecule has 1 fully saturated rings. The van der Waals surface area contributed by atoms with E-state index in [4.69, 9.17) is 9.47 Å². The smallest absolute Gasteiger partial charge is 0.416 e. The molecule has 0 saturated carbocycles.